The summed E-state index contributed by atoms with van der Waals surface area (Å²) < 4.78 is 1.41. The van der Waals surface area contributed by atoms with E-state index in [1.165, 1.54) is 11.3 Å². The molecule has 0 atom stereocenters. The average Bonchev–Trinajstić information content (AvgIpc) is 2.52. The van der Waals surface area contributed by atoms with Crippen LogP contribution in [-0.4, -0.2) is 5.11 Å². The van der Waals surface area contributed by atoms with Crippen molar-refractivity contribution >= 4 is 33.0 Å². The summed E-state index contributed by atoms with van der Waals surface area (Å²) in [5.41, 5.74) is 1.32. The number of hydrogen-bond donors (Lipinski definition) is 1. The van der Waals surface area contributed by atoms with Gasteiger partial charge in [-0.1, -0.05) is 23.7 Å². The largest absolute Gasteiger partial charge is 0.392 e. The molecule has 1 N–H and O–H groups in total. The average molecular weight is 224 g/mol. The smallest absolute Gasteiger partial charge is 0.101 e. The van der Waals surface area contributed by atoms with Gasteiger partial charge < -0.3 is 5.11 Å². The van der Waals surface area contributed by atoms with Crippen LogP contribution in [0.25, 0.3) is 10.1 Å². The molecule has 2 nitrogen and oxygen atoms in total. The lowest BCUT2D eigenvalue weighted by Crippen LogP contribution is -1.80. The zero-order valence-electron chi connectivity index (χ0n) is 7.12. The molecule has 4 heteroatoms. The van der Waals surface area contributed by atoms with Crippen LogP contribution in [0.2, 0.25) is 4.34 Å². The summed E-state index contributed by atoms with van der Waals surface area (Å²) in [6.45, 7) is -0.0896. The number of fused-ring (bicyclic) bond motifs is 1. The molecular weight excluding hydrogens is 218 g/mol. The summed E-state index contributed by atoms with van der Waals surface area (Å²) in [6, 6.07) is 7.51. The van der Waals surface area contributed by atoms with Crippen molar-refractivity contribution in [1.82, 2.24) is 0 Å². The highest BCUT2D eigenvalue weighted by Gasteiger charge is 2.11. The van der Waals surface area contributed by atoms with Gasteiger partial charge in [-0.3, -0.25) is 0 Å². The van der Waals surface area contributed by atoms with E-state index in [9.17, 15) is 0 Å². The predicted molar refractivity (Wildman–Crippen MR) is 57.5 cm³/mol. The van der Waals surface area contributed by atoms with E-state index in [1.807, 2.05) is 6.07 Å². The van der Waals surface area contributed by atoms with E-state index in [4.69, 9.17) is 22.0 Å². The standard InChI is InChI=1S/C10H6ClNOS/c11-10-8(5-13)7-3-1-2-6(4-12)9(7)14-10/h1-3,13H,5H2. The van der Waals surface area contributed by atoms with Crippen molar-refractivity contribution in [2.75, 3.05) is 0 Å². The number of nitriles is 1. The molecule has 0 spiro atoms. The highest BCUT2D eigenvalue weighted by molar-refractivity contribution is 7.23. The normalized spacial score (nSPS) is 10.4. The van der Waals surface area contributed by atoms with Crippen molar-refractivity contribution in [1.29, 1.82) is 5.26 Å². The number of thiophene rings is 1. The van der Waals surface area contributed by atoms with E-state index in [1.54, 1.807) is 12.1 Å². The van der Waals surface area contributed by atoms with Crippen LogP contribution < -0.4 is 0 Å². The molecule has 14 heavy (non-hydrogen) atoms. The SMILES string of the molecule is N#Cc1cccc2c(CO)c(Cl)sc12. The fourth-order valence-electron chi connectivity index (χ4n) is 1.38. The van der Waals surface area contributed by atoms with Crippen LogP contribution in [0.5, 0.6) is 0 Å². The van der Waals surface area contributed by atoms with Crippen LogP contribution >= 0.6 is 22.9 Å². The Morgan fingerprint density at radius 1 is 1.50 bits per heavy atom. The third kappa shape index (κ3) is 1.28. The van der Waals surface area contributed by atoms with Crippen molar-refractivity contribution in [3.05, 3.63) is 33.7 Å². The Bertz CT molecular complexity index is 527. The molecule has 2 aromatic rings. The quantitative estimate of drug-likeness (QED) is 0.808. The second-order valence-corrected chi connectivity index (χ2v) is 4.43. The van der Waals surface area contributed by atoms with Crippen LogP contribution in [0, 0.1) is 11.3 Å². The second kappa shape index (κ2) is 3.58. The molecule has 1 aromatic carbocycles. The Balaban J connectivity index is 2.87. The molecule has 0 fully saturated rings. The molecule has 0 aliphatic rings. The lowest BCUT2D eigenvalue weighted by Gasteiger charge is -1.94. The van der Waals surface area contributed by atoms with Gasteiger partial charge in [-0.15, -0.1) is 11.3 Å². The summed E-state index contributed by atoms with van der Waals surface area (Å²) in [6.07, 6.45) is 0. The minimum Gasteiger partial charge on any atom is -0.392 e. The summed E-state index contributed by atoms with van der Waals surface area (Å²) in [7, 11) is 0. The molecule has 0 unspecified atom stereocenters. The number of nitrogens with zero attached hydrogens (tertiary/aromatic N) is 1. The monoisotopic (exact) mass is 223 g/mol. The maximum absolute atomic E-state index is 9.11. The Morgan fingerprint density at radius 2 is 2.29 bits per heavy atom. The van der Waals surface area contributed by atoms with Crippen LogP contribution in [0.4, 0.5) is 0 Å². The van der Waals surface area contributed by atoms with Gasteiger partial charge in [0.25, 0.3) is 0 Å². The van der Waals surface area contributed by atoms with Crippen molar-refractivity contribution in [2.45, 2.75) is 6.61 Å². The molecular formula is C10H6ClNOS. The van der Waals surface area contributed by atoms with E-state index in [-0.39, 0.29) is 6.61 Å². The van der Waals surface area contributed by atoms with E-state index in [2.05, 4.69) is 6.07 Å². The number of rotatable bonds is 1. The molecule has 0 saturated carbocycles. The predicted octanol–water partition coefficient (Wildman–Crippen LogP) is 2.92. The lowest BCUT2D eigenvalue weighted by molar-refractivity contribution is 0.284. The third-order valence-electron chi connectivity index (χ3n) is 2.05. The number of halogens is 1. The molecule has 0 bridgehead atoms. The molecule has 0 radical (unpaired) electrons. The van der Waals surface area contributed by atoms with E-state index >= 15 is 0 Å². The molecule has 70 valence electrons. The van der Waals surface area contributed by atoms with Gasteiger partial charge in [-0.25, -0.2) is 0 Å². The van der Waals surface area contributed by atoms with Gasteiger partial charge in [0.05, 0.1) is 21.2 Å². The molecule has 1 heterocycles. The van der Waals surface area contributed by atoms with Gasteiger partial charge in [0, 0.05) is 10.9 Å². The first-order valence-electron chi connectivity index (χ1n) is 3.98. The molecule has 2 rings (SSSR count). The number of aliphatic hydroxyl groups is 1. The van der Waals surface area contributed by atoms with Crippen molar-refractivity contribution in [3.8, 4) is 6.07 Å². The molecule has 0 amide bonds. The molecule has 0 saturated heterocycles. The third-order valence-corrected chi connectivity index (χ3v) is 3.58. The van der Waals surface area contributed by atoms with Gasteiger partial charge in [0.1, 0.15) is 6.07 Å². The topological polar surface area (TPSA) is 44.0 Å². The Morgan fingerprint density at radius 3 is 2.93 bits per heavy atom. The first-order chi connectivity index (χ1) is 6.77. The van der Waals surface area contributed by atoms with Crippen LogP contribution in [0.1, 0.15) is 11.1 Å². The Labute approximate surface area is 90.0 Å². The Kier molecular flexibility index (Phi) is 2.42. The summed E-state index contributed by atoms with van der Waals surface area (Å²) in [4.78, 5) is 0. The maximum Gasteiger partial charge on any atom is 0.101 e. The maximum atomic E-state index is 9.11. The highest BCUT2D eigenvalue weighted by Crippen LogP contribution is 2.36. The van der Waals surface area contributed by atoms with Crippen molar-refractivity contribution < 1.29 is 5.11 Å². The first-order valence-corrected chi connectivity index (χ1v) is 5.18. The highest BCUT2D eigenvalue weighted by atomic mass is 35.5. The summed E-state index contributed by atoms with van der Waals surface area (Å²) in [5, 5.41) is 18.8. The molecule has 0 aliphatic heterocycles. The van der Waals surface area contributed by atoms with E-state index in [0.29, 0.717) is 15.5 Å². The second-order valence-electron chi connectivity index (χ2n) is 2.81. The van der Waals surface area contributed by atoms with Gasteiger partial charge in [-0.05, 0) is 6.07 Å². The van der Waals surface area contributed by atoms with Gasteiger partial charge in [-0.2, -0.15) is 5.26 Å². The zero-order chi connectivity index (χ0) is 10.1. The Hall–Kier alpha value is -1.08. The van der Waals surface area contributed by atoms with E-state index in [0.717, 1.165) is 10.1 Å². The number of aliphatic hydroxyl groups excluding tert-OH is 1. The number of benzene rings is 1. The zero-order valence-corrected chi connectivity index (χ0v) is 8.69. The van der Waals surface area contributed by atoms with Crippen LogP contribution in [-0.2, 0) is 6.61 Å². The number of hydrogen-bond acceptors (Lipinski definition) is 3. The van der Waals surface area contributed by atoms with Crippen molar-refractivity contribution in [3.63, 3.8) is 0 Å². The summed E-state index contributed by atoms with van der Waals surface area (Å²) in [5.74, 6) is 0. The van der Waals surface area contributed by atoms with Crippen molar-refractivity contribution in [2.24, 2.45) is 0 Å². The van der Waals surface area contributed by atoms with Crippen LogP contribution in [0.3, 0.4) is 0 Å². The van der Waals surface area contributed by atoms with Gasteiger partial charge in [0.2, 0.25) is 0 Å². The molecule has 1 aromatic heterocycles. The van der Waals surface area contributed by atoms with E-state index < -0.39 is 0 Å². The fraction of sp³-hybridized carbons (Fsp3) is 0.100. The summed E-state index contributed by atoms with van der Waals surface area (Å²) >= 11 is 7.28. The minimum atomic E-state index is -0.0896. The van der Waals surface area contributed by atoms with Gasteiger partial charge in [0.15, 0.2) is 0 Å². The molecule has 0 aliphatic carbocycles. The van der Waals surface area contributed by atoms with Crippen LogP contribution in [0.15, 0.2) is 18.2 Å². The fourth-order valence-corrected chi connectivity index (χ4v) is 2.77. The lowest BCUT2D eigenvalue weighted by atomic mass is 10.1. The van der Waals surface area contributed by atoms with Gasteiger partial charge >= 0.3 is 0 Å². The first kappa shape index (κ1) is 9.47. The minimum absolute atomic E-state index is 0.0896.